The molecule has 5 heteroatoms. The molecule has 5 nitrogen and oxygen atoms in total. The number of carbonyl (C=O) groups excluding carboxylic acids is 1. The zero-order valence-corrected chi connectivity index (χ0v) is 9.98. The molecule has 2 aliphatic heterocycles. The molecule has 1 aromatic carbocycles. The molecule has 0 aliphatic carbocycles. The number of aliphatic imine (C=N–C) groups is 1. The minimum atomic E-state index is -0.450. The lowest BCUT2D eigenvalue weighted by molar-refractivity contribution is -0.130. The van der Waals surface area contributed by atoms with Crippen LogP contribution >= 0.6 is 0 Å². The molecule has 94 valence electrons. The highest BCUT2D eigenvalue weighted by molar-refractivity contribution is 6.11. The number of benzene rings is 1. The Kier molecular flexibility index (Phi) is 2.74. The van der Waals surface area contributed by atoms with Gasteiger partial charge in [-0.25, -0.2) is 15.6 Å². The van der Waals surface area contributed by atoms with Gasteiger partial charge in [0, 0.05) is 23.5 Å². The molecule has 3 rings (SSSR count). The Hall–Kier alpha value is -2.66. The average molecular weight is 253 g/mol. The second-order valence-electron chi connectivity index (χ2n) is 4.06. The number of rotatable bonds is 1. The first-order chi connectivity index (χ1) is 9.24. The molecule has 0 atom stereocenters. The lowest BCUT2D eigenvalue weighted by Gasteiger charge is -2.11. The quantitative estimate of drug-likeness (QED) is 0.467. The number of carbonyl (C=O) groups is 1. The minimum Gasteiger partial charge on any atom is -0.402 e. The maximum Gasteiger partial charge on any atom is 0.364 e. The summed E-state index contributed by atoms with van der Waals surface area (Å²) in [7, 11) is 0. The molecule has 0 amide bonds. The fourth-order valence-corrected chi connectivity index (χ4v) is 1.79. The molecule has 0 saturated carbocycles. The number of nitrogens with zero attached hydrogens (tertiary/aromatic N) is 2. The summed E-state index contributed by atoms with van der Waals surface area (Å²) in [5.74, 6) is 5.41. The molecule has 1 aromatic rings. The van der Waals surface area contributed by atoms with Crippen LogP contribution in [-0.4, -0.2) is 16.9 Å². The molecular weight excluding hydrogens is 242 g/mol. The minimum absolute atomic E-state index is 0.291. The maximum atomic E-state index is 11.8. The SMILES string of the molecule is NN1C=CC(=C2N=C(c3ccccc3)OC2=O)C=C1. The molecule has 0 saturated heterocycles. The van der Waals surface area contributed by atoms with Crippen molar-refractivity contribution in [2.24, 2.45) is 10.8 Å². The highest BCUT2D eigenvalue weighted by Gasteiger charge is 2.26. The third kappa shape index (κ3) is 2.19. The van der Waals surface area contributed by atoms with E-state index >= 15 is 0 Å². The smallest absolute Gasteiger partial charge is 0.364 e. The zero-order valence-electron chi connectivity index (χ0n) is 9.98. The first kappa shape index (κ1) is 11.4. The summed E-state index contributed by atoms with van der Waals surface area (Å²) in [5.41, 5.74) is 1.74. The van der Waals surface area contributed by atoms with Crippen molar-refractivity contribution in [3.05, 3.63) is 71.7 Å². The normalized spacial score (nSPS) is 17.8. The number of cyclic esters (lactones) is 1. The largest absolute Gasteiger partial charge is 0.402 e. The van der Waals surface area contributed by atoms with Gasteiger partial charge in [-0.15, -0.1) is 0 Å². The molecule has 0 fully saturated rings. The van der Waals surface area contributed by atoms with Gasteiger partial charge in [-0.1, -0.05) is 18.2 Å². The van der Waals surface area contributed by atoms with E-state index in [1.54, 1.807) is 24.6 Å². The van der Waals surface area contributed by atoms with Crippen molar-refractivity contribution in [3.63, 3.8) is 0 Å². The van der Waals surface area contributed by atoms with Crippen LogP contribution in [0.3, 0.4) is 0 Å². The topological polar surface area (TPSA) is 67.9 Å². The summed E-state index contributed by atoms with van der Waals surface area (Å²) in [4.78, 5) is 16.1. The van der Waals surface area contributed by atoms with Gasteiger partial charge in [0.05, 0.1) is 0 Å². The van der Waals surface area contributed by atoms with Crippen LogP contribution in [-0.2, 0) is 9.53 Å². The first-order valence-corrected chi connectivity index (χ1v) is 5.74. The van der Waals surface area contributed by atoms with E-state index < -0.39 is 5.97 Å². The van der Waals surface area contributed by atoms with Crippen molar-refractivity contribution >= 4 is 11.9 Å². The highest BCUT2D eigenvalue weighted by Crippen LogP contribution is 2.22. The molecule has 0 spiro atoms. The third-order valence-corrected chi connectivity index (χ3v) is 2.74. The summed E-state index contributed by atoms with van der Waals surface area (Å²) in [5, 5.41) is 1.40. The number of nitrogens with two attached hydrogens (primary N) is 1. The maximum absolute atomic E-state index is 11.8. The Labute approximate surface area is 110 Å². The number of hydrogen-bond acceptors (Lipinski definition) is 5. The fourth-order valence-electron chi connectivity index (χ4n) is 1.79. The van der Waals surface area contributed by atoms with Gasteiger partial charge in [0.15, 0.2) is 5.70 Å². The Morgan fingerprint density at radius 3 is 2.47 bits per heavy atom. The van der Waals surface area contributed by atoms with Crippen LogP contribution < -0.4 is 5.84 Å². The van der Waals surface area contributed by atoms with E-state index in [4.69, 9.17) is 10.6 Å². The number of allylic oxidation sites excluding steroid dienone is 3. The number of hydrazine groups is 1. The van der Waals surface area contributed by atoms with Crippen LogP contribution in [0.4, 0.5) is 0 Å². The molecular formula is C14H11N3O2. The highest BCUT2D eigenvalue weighted by atomic mass is 16.6. The van der Waals surface area contributed by atoms with Gasteiger partial charge in [0.25, 0.3) is 0 Å². The van der Waals surface area contributed by atoms with Gasteiger partial charge in [0.2, 0.25) is 5.90 Å². The predicted molar refractivity (Wildman–Crippen MR) is 70.4 cm³/mol. The summed E-state index contributed by atoms with van der Waals surface area (Å²) in [6.07, 6.45) is 6.72. The van der Waals surface area contributed by atoms with Crippen LogP contribution in [0, 0.1) is 0 Å². The third-order valence-electron chi connectivity index (χ3n) is 2.74. The van der Waals surface area contributed by atoms with Gasteiger partial charge in [0.1, 0.15) is 0 Å². The Balaban J connectivity index is 1.99. The lowest BCUT2D eigenvalue weighted by atomic mass is 10.1. The van der Waals surface area contributed by atoms with E-state index in [2.05, 4.69) is 4.99 Å². The van der Waals surface area contributed by atoms with Gasteiger partial charge in [-0.2, -0.15) is 0 Å². The van der Waals surface area contributed by atoms with Crippen molar-refractivity contribution in [1.82, 2.24) is 5.01 Å². The number of esters is 1. The van der Waals surface area contributed by atoms with Gasteiger partial charge in [-0.05, 0) is 24.3 Å². The van der Waals surface area contributed by atoms with E-state index in [0.29, 0.717) is 17.2 Å². The monoisotopic (exact) mass is 253 g/mol. The summed E-state index contributed by atoms with van der Waals surface area (Å²) >= 11 is 0. The zero-order chi connectivity index (χ0) is 13.2. The van der Waals surface area contributed by atoms with Crippen LogP contribution in [0.15, 0.2) is 71.1 Å². The Morgan fingerprint density at radius 2 is 1.79 bits per heavy atom. The van der Waals surface area contributed by atoms with E-state index in [0.717, 1.165) is 5.56 Å². The van der Waals surface area contributed by atoms with Gasteiger partial charge in [-0.3, -0.25) is 5.01 Å². The van der Waals surface area contributed by atoms with Crippen LogP contribution in [0.5, 0.6) is 0 Å². The Morgan fingerprint density at radius 1 is 1.11 bits per heavy atom. The molecule has 0 radical (unpaired) electrons. The molecule has 19 heavy (non-hydrogen) atoms. The van der Waals surface area contributed by atoms with Crippen molar-refractivity contribution in [1.29, 1.82) is 0 Å². The van der Waals surface area contributed by atoms with E-state index in [9.17, 15) is 4.79 Å². The van der Waals surface area contributed by atoms with Crippen molar-refractivity contribution < 1.29 is 9.53 Å². The molecule has 0 aromatic heterocycles. The van der Waals surface area contributed by atoms with E-state index in [1.807, 2.05) is 30.3 Å². The lowest BCUT2D eigenvalue weighted by Crippen LogP contribution is -2.19. The summed E-state index contributed by atoms with van der Waals surface area (Å²) in [6, 6.07) is 9.30. The average Bonchev–Trinajstić information content (AvgIpc) is 2.83. The van der Waals surface area contributed by atoms with Crippen LogP contribution in [0.2, 0.25) is 0 Å². The molecule has 2 aliphatic rings. The summed E-state index contributed by atoms with van der Waals surface area (Å²) in [6.45, 7) is 0. The predicted octanol–water partition coefficient (Wildman–Crippen LogP) is 1.46. The summed E-state index contributed by atoms with van der Waals surface area (Å²) < 4.78 is 5.18. The van der Waals surface area contributed by atoms with Crippen molar-refractivity contribution in [2.45, 2.75) is 0 Å². The molecule has 0 bridgehead atoms. The fraction of sp³-hybridized carbons (Fsp3) is 0. The van der Waals surface area contributed by atoms with Gasteiger partial charge < -0.3 is 4.74 Å². The standard InChI is InChI=1S/C14H11N3O2/c15-17-8-6-10(7-9-17)12-14(18)19-13(16-12)11-4-2-1-3-5-11/h1-9H,15H2. The van der Waals surface area contributed by atoms with E-state index in [1.165, 1.54) is 5.01 Å². The molecule has 2 heterocycles. The van der Waals surface area contributed by atoms with Crippen molar-refractivity contribution in [3.8, 4) is 0 Å². The second-order valence-corrected chi connectivity index (χ2v) is 4.06. The van der Waals surface area contributed by atoms with Crippen LogP contribution in [0.25, 0.3) is 0 Å². The van der Waals surface area contributed by atoms with E-state index in [-0.39, 0.29) is 0 Å². The number of ether oxygens (including phenoxy) is 1. The molecule has 0 unspecified atom stereocenters. The Bertz CT molecular complexity index is 626. The number of hydrogen-bond donors (Lipinski definition) is 1. The van der Waals surface area contributed by atoms with Gasteiger partial charge >= 0.3 is 5.97 Å². The molecule has 2 N–H and O–H groups in total. The van der Waals surface area contributed by atoms with Crippen LogP contribution in [0.1, 0.15) is 5.56 Å². The first-order valence-electron chi connectivity index (χ1n) is 5.74. The second kappa shape index (κ2) is 4.55. The van der Waals surface area contributed by atoms with Crippen molar-refractivity contribution in [2.75, 3.05) is 0 Å².